The smallest absolute Gasteiger partial charge is 0.285 e. The quantitative estimate of drug-likeness (QED) is 0.261. The van der Waals surface area contributed by atoms with Gasteiger partial charge in [-0.2, -0.15) is 42.0 Å². The van der Waals surface area contributed by atoms with Gasteiger partial charge in [0.05, 0.1) is 0 Å². The number of aromatic nitrogens is 2. The van der Waals surface area contributed by atoms with Crippen LogP contribution in [-0.2, 0) is 21.1 Å². The van der Waals surface area contributed by atoms with Crippen molar-refractivity contribution in [2.75, 3.05) is 0 Å². The van der Waals surface area contributed by atoms with Crippen molar-refractivity contribution in [3.05, 3.63) is 108 Å². The zero-order chi connectivity index (χ0) is 19.5. The number of ketones is 1. The molecule has 2 heterocycles. The van der Waals surface area contributed by atoms with Crippen molar-refractivity contribution in [1.82, 2.24) is 9.97 Å². The van der Waals surface area contributed by atoms with E-state index in [-0.39, 0.29) is 32.5 Å². The average molecular weight is 565 g/mol. The molecule has 0 bridgehead atoms. The minimum Gasteiger partial charge on any atom is -0.285 e. The third-order valence-electron chi connectivity index (χ3n) is 4.09. The van der Waals surface area contributed by atoms with Gasteiger partial charge in [-0.1, -0.05) is 6.07 Å². The van der Waals surface area contributed by atoms with E-state index in [1.54, 1.807) is 36.4 Å². The minimum absolute atomic E-state index is 0. The molecule has 0 aliphatic carbocycles. The molecular formula is C23H12F2N2OPt. The molecule has 3 nitrogen and oxygen atoms in total. The maximum atomic E-state index is 14.5. The average Bonchev–Trinajstić information content (AvgIpc) is 2.75. The number of hydrogen-bond donors (Lipinski definition) is 0. The molecule has 0 saturated heterocycles. The van der Waals surface area contributed by atoms with Crippen LogP contribution in [0.2, 0.25) is 0 Å². The van der Waals surface area contributed by atoms with Crippen LogP contribution in [0.25, 0.3) is 22.4 Å². The number of hydrogen-bond acceptors (Lipinski definition) is 3. The van der Waals surface area contributed by atoms with Crippen LogP contribution < -0.4 is 0 Å². The van der Waals surface area contributed by atoms with Gasteiger partial charge in [-0.15, -0.1) is 23.8 Å². The number of halogens is 2. The van der Waals surface area contributed by atoms with Gasteiger partial charge in [0, 0.05) is 18.0 Å². The van der Waals surface area contributed by atoms with Crippen LogP contribution in [0.15, 0.2) is 72.9 Å². The maximum Gasteiger partial charge on any atom is 2.00 e. The predicted octanol–water partition coefficient (Wildman–Crippen LogP) is 4.92. The van der Waals surface area contributed by atoms with Crippen molar-refractivity contribution in [3.63, 3.8) is 0 Å². The summed E-state index contributed by atoms with van der Waals surface area (Å²) < 4.78 is 28.7. The SMILES string of the molecule is O=C(c1ccccn1)c1nc(-c2[c-]c(-c3[c-]cccc3)ccc2)c(F)cc1F.[Pt+2]. The van der Waals surface area contributed by atoms with Crippen molar-refractivity contribution in [3.8, 4) is 22.4 Å². The molecule has 0 aliphatic rings. The van der Waals surface area contributed by atoms with Gasteiger partial charge in [0.2, 0.25) is 5.78 Å². The zero-order valence-electron chi connectivity index (χ0n) is 14.8. The van der Waals surface area contributed by atoms with Gasteiger partial charge >= 0.3 is 21.1 Å². The Hall–Kier alpha value is -3.04. The second-order valence-corrected chi connectivity index (χ2v) is 5.95. The first kappa shape index (κ1) is 20.7. The fourth-order valence-corrected chi connectivity index (χ4v) is 2.76. The van der Waals surface area contributed by atoms with E-state index in [0.717, 1.165) is 5.56 Å². The minimum atomic E-state index is -1.04. The Morgan fingerprint density at radius 1 is 0.862 bits per heavy atom. The number of rotatable bonds is 4. The Morgan fingerprint density at radius 2 is 1.62 bits per heavy atom. The van der Waals surface area contributed by atoms with Gasteiger partial charge in [-0.3, -0.25) is 14.8 Å². The molecule has 29 heavy (non-hydrogen) atoms. The summed E-state index contributed by atoms with van der Waals surface area (Å²) in [6, 6.07) is 23.9. The second-order valence-electron chi connectivity index (χ2n) is 5.95. The Bertz CT molecular complexity index is 1150. The molecule has 4 rings (SSSR count). The largest absolute Gasteiger partial charge is 2.00 e. The summed E-state index contributed by atoms with van der Waals surface area (Å²) in [6.45, 7) is 0. The summed E-state index contributed by atoms with van der Waals surface area (Å²) in [5.74, 6) is -2.63. The molecule has 2 aromatic carbocycles. The van der Waals surface area contributed by atoms with E-state index >= 15 is 0 Å². The first-order valence-corrected chi connectivity index (χ1v) is 8.45. The standard InChI is InChI=1S/C23H12F2N2O.Pt/c24-18-14-19(25)22(23(28)20-11-4-5-12-26-20)27-21(18)17-10-6-9-16(13-17)15-7-2-1-3-8-15;/h1-7,9-12,14H;/q-2;+2. The summed E-state index contributed by atoms with van der Waals surface area (Å²) >= 11 is 0. The summed E-state index contributed by atoms with van der Waals surface area (Å²) in [6.07, 6.45) is 1.42. The van der Waals surface area contributed by atoms with Crippen LogP contribution in [0.4, 0.5) is 8.78 Å². The Labute approximate surface area is 180 Å². The van der Waals surface area contributed by atoms with Crippen molar-refractivity contribution < 1.29 is 34.6 Å². The van der Waals surface area contributed by atoms with Gasteiger partial charge in [0.1, 0.15) is 17.2 Å². The monoisotopic (exact) mass is 565 g/mol. The van der Waals surface area contributed by atoms with E-state index in [2.05, 4.69) is 22.1 Å². The molecule has 0 saturated carbocycles. The number of carbonyl (C=O) groups excluding carboxylic acids is 1. The predicted molar refractivity (Wildman–Crippen MR) is 100 cm³/mol. The third kappa shape index (κ3) is 4.36. The summed E-state index contributed by atoms with van der Waals surface area (Å²) in [4.78, 5) is 20.4. The van der Waals surface area contributed by atoms with Crippen molar-refractivity contribution in [1.29, 1.82) is 0 Å². The van der Waals surface area contributed by atoms with Gasteiger partial charge < -0.3 is 0 Å². The van der Waals surface area contributed by atoms with E-state index < -0.39 is 23.1 Å². The van der Waals surface area contributed by atoms with Gasteiger partial charge in [-0.25, -0.2) is 14.3 Å². The van der Waals surface area contributed by atoms with E-state index in [0.29, 0.717) is 17.2 Å². The third-order valence-corrected chi connectivity index (χ3v) is 4.09. The Kier molecular flexibility index (Phi) is 6.40. The van der Waals surface area contributed by atoms with Gasteiger partial charge in [0.15, 0.2) is 5.82 Å². The molecule has 0 N–H and O–H groups in total. The van der Waals surface area contributed by atoms with Crippen LogP contribution in [0, 0.1) is 23.8 Å². The Morgan fingerprint density at radius 3 is 2.34 bits per heavy atom. The first-order chi connectivity index (χ1) is 13.6. The molecular weight excluding hydrogens is 553 g/mol. The van der Waals surface area contributed by atoms with Crippen molar-refractivity contribution in [2.24, 2.45) is 0 Å². The zero-order valence-corrected chi connectivity index (χ0v) is 17.1. The van der Waals surface area contributed by atoms with Crippen LogP contribution in [0.3, 0.4) is 0 Å². The molecule has 0 aliphatic heterocycles. The molecule has 0 radical (unpaired) electrons. The molecule has 0 spiro atoms. The molecule has 0 atom stereocenters. The topological polar surface area (TPSA) is 42.9 Å². The number of pyridine rings is 2. The number of carbonyl (C=O) groups is 1. The van der Waals surface area contributed by atoms with Gasteiger partial charge in [0.25, 0.3) is 0 Å². The fraction of sp³-hybridized carbons (Fsp3) is 0. The summed E-state index contributed by atoms with van der Waals surface area (Å²) in [7, 11) is 0. The van der Waals surface area contributed by atoms with Crippen molar-refractivity contribution in [2.45, 2.75) is 0 Å². The summed E-state index contributed by atoms with van der Waals surface area (Å²) in [5, 5.41) is 0. The second kappa shape index (κ2) is 8.97. The molecule has 0 unspecified atom stereocenters. The Balaban J connectivity index is 0.00000240. The molecule has 0 fully saturated rings. The van der Waals surface area contributed by atoms with E-state index in [1.165, 1.54) is 12.3 Å². The molecule has 144 valence electrons. The van der Waals surface area contributed by atoms with E-state index in [1.807, 2.05) is 18.2 Å². The van der Waals surface area contributed by atoms with E-state index in [9.17, 15) is 13.6 Å². The van der Waals surface area contributed by atoms with Crippen LogP contribution >= 0.6 is 0 Å². The fourth-order valence-electron chi connectivity index (χ4n) is 2.76. The molecule has 2 aromatic heterocycles. The normalized spacial score (nSPS) is 10.3. The first-order valence-electron chi connectivity index (χ1n) is 8.45. The maximum absolute atomic E-state index is 14.5. The van der Waals surface area contributed by atoms with Gasteiger partial charge in [-0.05, 0) is 12.1 Å². The van der Waals surface area contributed by atoms with E-state index in [4.69, 9.17) is 0 Å². The molecule has 4 aromatic rings. The molecule has 0 amide bonds. The van der Waals surface area contributed by atoms with Crippen LogP contribution in [-0.4, -0.2) is 15.8 Å². The number of benzene rings is 2. The van der Waals surface area contributed by atoms with Crippen molar-refractivity contribution >= 4 is 5.78 Å². The molecule has 6 heteroatoms. The van der Waals surface area contributed by atoms with Crippen LogP contribution in [0.5, 0.6) is 0 Å². The van der Waals surface area contributed by atoms with Crippen LogP contribution in [0.1, 0.15) is 16.2 Å². The summed E-state index contributed by atoms with van der Waals surface area (Å²) in [5.41, 5.74) is 1.15. The number of nitrogens with zero attached hydrogens (tertiary/aromatic N) is 2.